The van der Waals surface area contributed by atoms with Gasteiger partial charge in [-0.3, -0.25) is 0 Å². The molecule has 1 aromatic heterocycles. The zero-order valence-electron chi connectivity index (χ0n) is 7.50. The highest BCUT2D eigenvalue weighted by molar-refractivity contribution is 5.78. The second-order valence-corrected chi connectivity index (χ2v) is 3.16. The second kappa shape index (κ2) is 2.30. The van der Waals surface area contributed by atoms with Crippen LogP contribution in [-0.2, 0) is 7.05 Å². The van der Waals surface area contributed by atoms with Crippen molar-refractivity contribution in [3.05, 3.63) is 23.3 Å². The molecule has 0 aliphatic rings. The van der Waals surface area contributed by atoms with Crippen molar-refractivity contribution in [3.8, 4) is 0 Å². The van der Waals surface area contributed by atoms with E-state index in [2.05, 4.69) is 36.3 Å². The van der Waals surface area contributed by atoms with Crippen LogP contribution in [0.15, 0.2) is 12.1 Å². The molecular weight excluding hydrogens is 150 g/mol. The van der Waals surface area contributed by atoms with E-state index in [1.807, 2.05) is 7.05 Å². The number of hydrogen-bond acceptors (Lipinski definition) is 2. The maximum atomic E-state index is 4.07. The van der Waals surface area contributed by atoms with Crippen molar-refractivity contribution in [2.75, 3.05) is 0 Å². The van der Waals surface area contributed by atoms with Gasteiger partial charge in [0, 0.05) is 7.05 Å². The van der Waals surface area contributed by atoms with E-state index in [0.29, 0.717) is 0 Å². The van der Waals surface area contributed by atoms with Gasteiger partial charge in [0.15, 0.2) is 0 Å². The fourth-order valence-corrected chi connectivity index (χ4v) is 1.47. The minimum atomic E-state index is 1.00. The van der Waals surface area contributed by atoms with Gasteiger partial charge in [-0.15, -0.1) is 5.10 Å². The molecule has 0 N–H and O–H groups in total. The fourth-order valence-electron chi connectivity index (χ4n) is 1.47. The Labute approximate surface area is 71.0 Å². The summed E-state index contributed by atoms with van der Waals surface area (Å²) in [6, 6.07) is 4.22. The van der Waals surface area contributed by atoms with Gasteiger partial charge in [-0.2, -0.15) is 0 Å². The van der Waals surface area contributed by atoms with E-state index in [0.717, 1.165) is 11.0 Å². The first-order valence-electron chi connectivity index (χ1n) is 3.95. The molecule has 12 heavy (non-hydrogen) atoms. The van der Waals surface area contributed by atoms with Crippen LogP contribution in [0.4, 0.5) is 0 Å². The number of aromatic nitrogens is 3. The first-order valence-corrected chi connectivity index (χ1v) is 3.95. The largest absolute Gasteiger partial charge is 0.248 e. The Morgan fingerprint density at radius 3 is 2.75 bits per heavy atom. The molecule has 0 saturated heterocycles. The SMILES string of the molecule is Cc1cc(C)c2nnn(C)c2c1. The number of aryl methyl sites for hydroxylation is 3. The third-order valence-electron chi connectivity index (χ3n) is 2.05. The van der Waals surface area contributed by atoms with Crippen LogP contribution >= 0.6 is 0 Å². The third kappa shape index (κ3) is 0.897. The molecule has 3 heteroatoms. The fraction of sp³-hybridized carbons (Fsp3) is 0.333. The highest BCUT2D eigenvalue weighted by atomic mass is 15.4. The summed E-state index contributed by atoms with van der Waals surface area (Å²) in [6.45, 7) is 4.14. The van der Waals surface area contributed by atoms with Crippen molar-refractivity contribution < 1.29 is 0 Å². The molecule has 0 radical (unpaired) electrons. The van der Waals surface area contributed by atoms with Crippen LogP contribution in [0.1, 0.15) is 11.1 Å². The number of nitrogens with zero attached hydrogens (tertiary/aromatic N) is 3. The van der Waals surface area contributed by atoms with E-state index >= 15 is 0 Å². The summed E-state index contributed by atoms with van der Waals surface area (Å²) in [7, 11) is 1.91. The maximum Gasteiger partial charge on any atom is 0.116 e. The van der Waals surface area contributed by atoms with Crippen LogP contribution in [0, 0.1) is 13.8 Å². The summed E-state index contributed by atoms with van der Waals surface area (Å²) in [6.07, 6.45) is 0. The Balaban J connectivity index is 2.92. The van der Waals surface area contributed by atoms with Gasteiger partial charge in [-0.25, -0.2) is 4.68 Å². The normalized spacial score (nSPS) is 10.9. The average Bonchev–Trinajstić information content (AvgIpc) is 2.33. The summed E-state index contributed by atoms with van der Waals surface area (Å²) in [5.74, 6) is 0. The number of benzene rings is 1. The molecule has 0 spiro atoms. The van der Waals surface area contributed by atoms with Crippen molar-refractivity contribution >= 4 is 11.0 Å². The summed E-state index contributed by atoms with van der Waals surface area (Å²) < 4.78 is 1.80. The van der Waals surface area contributed by atoms with Gasteiger partial charge < -0.3 is 0 Å². The zero-order valence-corrected chi connectivity index (χ0v) is 7.50. The molecule has 0 bridgehead atoms. The van der Waals surface area contributed by atoms with Gasteiger partial charge in [0.2, 0.25) is 0 Å². The van der Waals surface area contributed by atoms with E-state index in [1.165, 1.54) is 11.1 Å². The Bertz CT molecular complexity index is 429. The van der Waals surface area contributed by atoms with E-state index in [1.54, 1.807) is 4.68 Å². The monoisotopic (exact) mass is 161 g/mol. The highest BCUT2D eigenvalue weighted by Crippen LogP contribution is 2.16. The van der Waals surface area contributed by atoms with E-state index < -0.39 is 0 Å². The molecule has 0 saturated carbocycles. The average molecular weight is 161 g/mol. The number of fused-ring (bicyclic) bond motifs is 1. The van der Waals surface area contributed by atoms with Gasteiger partial charge in [0.25, 0.3) is 0 Å². The lowest BCUT2D eigenvalue weighted by atomic mass is 10.1. The lowest BCUT2D eigenvalue weighted by molar-refractivity contribution is 0.736. The van der Waals surface area contributed by atoms with Gasteiger partial charge in [0.05, 0.1) is 5.52 Å². The molecule has 0 fully saturated rings. The van der Waals surface area contributed by atoms with Crippen LogP contribution in [0.25, 0.3) is 11.0 Å². The standard InChI is InChI=1S/C9H11N3/c1-6-4-7(2)9-8(5-6)12(3)11-10-9/h4-5H,1-3H3. The minimum Gasteiger partial charge on any atom is -0.248 e. The molecule has 0 aliphatic heterocycles. The van der Waals surface area contributed by atoms with Crippen LogP contribution in [0.2, 0.25) is 0 Å². The molecule has 1 heterocycles. The van der Waals surface area contributed by atoms with Gasteiger partial charge in [-0.05, 0) is 31.0 Å². The van der Waals surface area contributed by atoms with Crippen LogP contribution in [0.3, 0.4) is 0 Å². The summed E-state index contributed by atoms with van der Waals surface area (Å²) >= 11 is 0. The van der Waals surface area contributed by atoms with Crippen molar-refractivity contribution in [3.63, 3.8) is 0 Å². The molecule has 0 aliphatic carbocycles. The molecule has 3 nitrogen and oxygen atoms in total. The second-order valence-electron chi connectivity index (χ2n) is 3.16. The van der Waals surface area contributed by atoms with Crippen molar-refractivity contribution in [1.82, 2.24) is 15.0 Å². The van der Waals surface area contributed by atoms with E-state index in [-0.39, 0.29) is 0 Å². The lowest BCUT2D eigenvalue weighted by Gasteiger charge is -1.97. The number of hydrogen-bond donors (Lipinski definition) is 0. The summed E-state index contributed by atoms with van der Waals surface area (Å²) in [5, 5.41) is 8.04. The summed E-state index contributed by atoms with van der Waals surface area (Å²) in [5.41, 5.74) is 4.55. The quantitative estimate of drug-likeness (QED) is 0.587. The van der Waals surface area contributed by atoms with Gasteiger partial charge in [0.1, 0.15) is 5.52 Å². The van der Waals surface area contributed by atoms with Crippen molar-refractivity contribution in [1.29, 1.82) is 0 Å². The molecule has 62 valence electrons. The van der Waals surface area contributed by atoms with E-state index in [9.17, 15) is 0 Å². The Kier molecular flexibility index (Phi) is 1.40. The molecule has 0 amide bonds. The predicted octanol–water partition coefficient (Wildman–Crippen LogP) is 1.59. The highest BCUT2D eigenvalue weighted by Gasteiger charge is 2.03. The molecule has 2 aromatic rings. The van der Waals surface area contributed by atoms with Gasteiger partial charge in [-0.1, -0.05) is 11.3 Å². The van der Waals surface area contributed by atoms with Crippen molar-refractivity contribution in [2.45, 2.75) is 13.8 Å². The first kappa shape index (κ1) is 7.28. The zero-order chi connectivity index (χ0) is 8.72. The van der Waals surface area contributed by atoms with Crippen LogP contribution in [-0.4, -0.2) is 15.0 Å². The topological polar surface area (TPSA) is 30.7 Å². The summed E-state index contributed by atoms with van der Waals surface area (Å²) in [4.78, 5) is 0. The first-order chi connectivity index (χ1) is 5.68. The lowest BCUT2D eigenvalue weighted by Crippen LogP contribution is -1.89. The van der Waals surface area contributed by atoms with Crippen molar-refractivity contribution in [2.24, 2.45) is 7.05 Å². The smallest absolute Gasteiger partial charge is 0.116 e. The molecule has 1 aromatic carbocycles. The Hall–Kier alpha value is -1.38. The van der Waals surface area contributed by atoms with E-state index in [4.69, 9.17) is 0 Å². The molecule has 0 unspecified atom stereocenters. The molecule has 2 rings (SSSR count). The predicted molar refractivity (Wildman–Crippen MR) is 48.0 cm³/mol. The Morgan fingerprint density at radius 2 is 2.00 bits per heavy atom. The van der Waals surface area contributed by atoms with Gasteiger partial charge >= 0.3 is 0 Å². The Morgan fingerprint density at radius 1 is 1.25 bits per heavy atom. The minimum absolute atomic E-state index is 1.00. The maximum absolute atomic E-state index is 4.07. The number of rotatable bonds is 0. The molecular formula is C9H11N3. The van der Waals surface area contributed by atoms with Crippen LogP contribution < -0.4 is 0 Å². The van der Waals surface area contributed by atoms with Crippen LogP contribution in [0.5, 0.6) is 0 Å². The molecule has 0 atom stereocenters. The third-order valence-corrected chi connectivity index (χ3v) is 2.05.